The summed E-state index contributed by atoms with van der Waals surface area (Å²) in [6.07, 6.45) is 5.91. The molecular formula is C28H29N7O4. The van der Waals surface area contributed by atoms with E-state index >= 15 is 0 Å². The summed E-state index contributed by atoms with van der Waals surface area (Å²) >= 11 is 0. The smallest absolute Gasteiger partial charge is 0.252 e. The molecule has 1 amide bonds. The normalized spacial score (nSPS) is 11.2. The van der Waals surface area contributed by atoms with Crippen LogP contribution in [0.3, 0.4) is 0 Å². The van der Waals surface area contributed by atoms with Gasteiger partial charge in [0.1, 0.15) is 18.2 Å². The molecule has 4 aromatic heterocycles. The van der Waals surface area contributed by atoms with Gasteiger partial charge in [0, 0.05) is 36.0 Å². The first-order valence-electron chi connectivity index (χ1n) is 12.9. The number of aromatic nitrogens is 6. The molecule has 0 fully saturated rings. The second-order valence-corrected chi connectivity index (χ2v) is 9.38. The number of pyridine rings is 1. The van der Waals surface area contributed by atoms with Gasteiger partial charge in [-0.25, -0.2) is 0 Å². The van der Waals surface area contributed by atoms with Crippen LogP contribution in [0.1, 0.15) is 60.8 Å². The number of hydrogen-bond acceptors (Lipinski definition) is 9. The number of carbonyl (C=O) groups excluding carboxylic acids is 2. The van der Waals surface area contributed by atoms with Gasteiger partial charge >= 0.3 is 0 Å². The molecule has 0 saturated carbocycles. The number of rotatable bonds is 12. The number of benzene rings is 1. The Morgan fingerprint density at radius 1 is 1.03 bits per heavy atom. The van der Waals surface area contributed by atoms with E-state index in [0.29, 0.717) is 53.0 Å². The Morgan fingerprint density at radius 3 is 2.59 bits per heavy atom. The standard InChI is InChI=1S/C28H29N7O4/c1-18(36)9-5-3-4-8-14-29-27(37)20-12-13-21(30-16-20)17-38-28-23-11-7-6-10-22(23)25-31-32-26(35(25)33-28)24-15-19(2)39-34-24/h6-7,10-13,15-16H,3-5,8-9,14,17H2,1-2H3,(H,29,37). The van der Waals surface area contributed by atoms with Crippen LogP contribution in [-0.2, 0) is 11.4 Å². The van der Waals surface area contributed by atoms with Gasteiger partial charge in [0.25, 0.3) is 5.91 Å². The molecule has 0 bridgehead atoms. The van der Waals surface area contributed by atoms with E-state index in [9.17, 15) is 9.59 Å². The van der Waals surface area contributed by atoms with Gasteiger partial charge in [-0.3, -0.25) is 9.78 Å². The summed E-state index contributed by atoms with van der Waals surface area (Å²) in [7, 11) is 0. The molecule has 11 heteroatoms. The fourth-order valence-electron chi connectivity index (χ4n) is 4.23. The molecule has 200 valence electrons. The average Bonchev–Trinajstić information content (AvgIpc) is 3.57. The SMILES string of the molecule is CC(=O)CCCCCCNC(=O)c1ccc(COc2nn3c(-c4cc(C)on4)nnc3c3ccccc23)nc1. The maximum Gasteiger partial charge on any atom is 0.252 e. The van der Waals surface area contributed by atoms with Crippen LogP contribution in [0.15, 0.2) is 53.2 Å². The lowest BCUT2D eigenvalue weighted by Crippen LogP contribution is -2.24. The number of nitrogens with zero attached hydrogens (tertiary/aromatic N) is 6. The van der Waals surface area contributed by atoms with Gasteiger partial charge in [0.2, 0.25) is 11.7 Å². The molecule has 0 aliphatic rings. The van der Waals surface area contributed by atoms with Crippen molar-refractivity contribution in [2.24, 2.45) is 0 Å². The van der Waals surface area contributed by atoms with Crippen LogP contribution in [0.25, 0.3) is 27.9 Å². The number of Topliss-reactive ketones (excluding diaryl/α,β-unsaturated/α-hetero) is 1. The number of nitrogens with one attached hydrogen (secondary N) is 1. The van der Waals surface area contributed by atoms with E-state index in [1.807, 2.05) is 24.3 Å². The lowest BCUT2D eigenvalue weighted by Gasteiger charge is -2.10. The van der Waals surface area contributed by atoms with Crippen LogP contribution in [0.5, 0.6) is 5.88 Å². The number of ether oxygens (including phenoxy) is 1. The van der Waals surface area contributed by atoms with E-state index in [4.69, 9.17) is 9.26 Å². The fourth-order valence-corrected chi connectivity index (χ4v) is 4.23. The summed E-state index contributed by atoms with van der Waals surface area (Å²) in [5.41, 5.74) is 2.24. The Bertz CT molecular complexity index is 1610. The zero-order chi connectivity index (χ0) is 27.2. The second-order valence-electron chi connectivity index (χ2n) is 9.38. The summed E-state index contributed by atoms with van der Waals surface area (Å²) < 4.78 is 12.9. The van der Waals surface area contributed by atoms with Crippen molar-refractivity contribution in [1.29, 1.82) is 0 Å². The molecule has 1 aromatic carbocycles. The zero-order valence-electron chi connectivity index (χ0n) is 21.9. The summed E-state index contributed by atoms with van der Waals surface area (Å²) in [5, 5.41) is 21.8. The molecule has 0 saturated heterocycles. The molecule has 39 heavy (non-hydrogen) atoms. The van der Waals surface area contributed by atoms with Crippen LogP contribution in [0.2, 0.25) is 0 Å². The quantitative estimate of drug-likeness (QED) is 0.233. The largest absolute Gasteiger partial charge is 0.470 e. The number of ketones is 1. The van der Waals surface area contributed by atoms with Crippen molar-refractivity contribution >= 4 is 28.1 Å². The summed E-state index contributed by atoms with van der Waals surface area (Å²) in [6, 6.07) is 12.9. The van der Waals surface area contributed by atoms with Gasteiger partial charge in [-0.05, 0) is 44.9 Å². The van der Waals surface area contributed by atoms with E-state index < -0.39 is 0 Å². The lowest BCUT2D eigenvalue weighted by atomic mass is 10.1. The highest BCUT2D eigenvalue weighted by atomic mass is 16.5. The molecule has 0 aliphatic carbocycles. The average molecular weight is 528 g/mol. The van der Waals surface area contributed by atoms with Crippen LogP contribution < -0.4 is 10.1 Å². The van der Waals surface area contributed by atoms with Gasteiger partial charge in [0.15, 0.2) is 11.3 Å². The predicted molar refractivity (Wildman–Crippen MR) is 143 cm³/mol. The maximum atomic E-state index is 12.4. The van der Waals surface area contributed by atoms with E-state index in [1.165, 1.54) is 0 Å². The number of carbonyl (C=O) groups is 2. The third-order valence-electron chi connectivity index (χ3n) is 6.27. The maximum absolute atomic E-state index is 12.4. The zero-order valence-corrected chi connectivity index (χ0v) is 21.9. The lowest BCUT2D eigenvalue weighted by molar-refractivity contribution is -0.117. The molecule has 0 atom stereocenters. The Hall–Kier alpha value is -4.67. The van der Waals surface area contributed by atoms with Crippen molar-refractivity contribution in [3.8, 4) is 17.4 Å². The number of hydrogen-bond donors (Lipinski definition) is 1. The van der Waals surface area contributed by atoms with Crippen molar-refractivity contribution in [2.75, 3.05) is 6.54 Å². The van der Waals surface area contributed by atoms with Gasteiger partial charge in [-0.1, -0.05) is 36.2 Å². The highest BCUT2D eigenvalue weighted by molar-refractivity contribution is 5.97. The molecular weight excluding hydrogens is 498 g/mol. The van der Waals surface area contributed by atoms with Crippen LogP contribution in [0.4, 0.5) is 0 Å². The Kier molecular flexibility index (Phi) is 7.86. The summed E-state index contributed by atoms with van der Waals surface area (Å²) in [4.78, 5) is 27.8. The number of unbranched alkanes of at least 4 members (excludes halogenated alkanes) is 3. The third kappa shape index (κ3) is 6.08. The van der Waals surface area contributed by atoms with Crippen LogP contribution >= 0.6 is 0 Å². The predicted octanol–water partition coefficient (Wildman–Crippen LogP) is 4.48. The molecule has 0 unspecified atom stereocenters. The topological polar surface area (TPSA) is 137 Å². The van der Waals surface area contributed by atoms with Gasteiger partial charge < -0.3 is 19.4 Å². The van der Waals surface area contributed by atoms with Crippen molar-refractivity contribution in [3.63, 3.8) is 0 Å². The first-order chi connectivity index (χ1) is 19.0. The molecule has 0 spiro atoms. The monoisotopic (exact) mass is 527 g/mol. The van der Waals surface area contributed by atoms with E-state index in [-0.39, 0.29) is 18.3 Å². The number of fused-ring (bicyclic) bond motifs is 3. The Balaban J connectivity index is 1.23. The van der Waals surface area contributed by atoms with E-state index in [1.54, 1.807) is 42.8 Å². The minimum Gasteiger partial charge on any atom is -0.470 e. The summed E-state index contributed by atoms with van der Waals surface area (Å²) in [6.45, 7) is 4.16. The van der Waals surface area contributed by atoms with Crippen molar-refractivity contribution < 1.29 is 18.8 Å². The third-order valence-corrected chi connectivity index (χ3v) is 6.27. The molecule has 0 radical (unpaired) electrons. The first kappa shape index (κ1) is 26.0. The highest BCUT2D eigenvalue weighted by Gasteiger charge is 2.18. The number of amides is 1. The number of aryl methyl sites for hydroxylation is 1. The first-order valence-corrected chi connectivity index (χ1v) is 12.9. The Labute approximate surface area is 224 Å². The van der Waals surface area contributed by atoms with Gasteiger partial charge in [-0.15, -0.1) is 15.3 Å². The molecule has 11 nitrogen and oxygen atoms in total. The second kappa shape index (κ2) is 11.8. The van der Waals surface area contributed by atoms with Crippen molar-refractivity contribution in [1.82, 2.24) is 35.3 Å². The highest BCUT2D eigenvalue weighted by Crippen LogP contribution is 2.29. The van der Waals surface area contributed by atoms with Gasteiger partial charge in [0.05, 0.1) is 11.3 Å². The Morgan fingerprint density at radius 2 is 1.85 bits per heavy atom. The van der Waals surface area contributed by atoms with Crippen molar-refractivity contribution in [3.05, 3.63) is 65.7 Å². The molecule has 4 heterocycles. The van der Waals surface area contributed by atoms with E-state index in [2.05, 4.69) is 30.8 Å². The van der Waals surface area contributed by atoms with E-state index in [0.717, 1.165) is 36.5 Å². The molecule has 5 aromatic rings. The summed E-state index contributed by atoms with van der Waals surface area (Å²) in [5.74, 6) is 1.55. The molecule has 0 aliphatic heterocycles. The molecule has 1 N–H and O–H groups in total. The minimum absolute atomic E-state index is 0.158. The van der Waals surface area contributed by atoms with Crippen molar-refractivity contribution in [2.45, 2.75) is 52.6 Å². The minimum atomic E-state index is -0.167. The van der Waals surface area contributed by atoms with Gasteiger partial charge in [-0.2, -0.15) is 4.52 Å². The fraction of sp³-hybridized carbons (Fsp3) is 0.321. The molecule has 5 rings (SSSR count). The van der Waals surface area contributed by atoms with Crippen LogP contribution in [-0.4, -0.2) is 48.2 Å². The van der Waals surface area contributed by atoms with Crippen LogP contribution in [0, 0.1) is 6.92 Å².